The minimum Gasteiger partial charge on any atom is -0.354 e. The smallest absolute Gasteiger partial charge is 0.253 e. The fourth-order valence-electron chi connectivity index (χ4n) is 2.27. The third-order valence-corrected chi connectivity index (χ3v) is 3.60. The largest absolute Gasteiger partial charge is 0.354 e. The van der Waals surface area contributed by atoms with Gasteiger partial charge in [0.2, 0.25) is 5.91 Å². The van der Waals surface area contributed by atoms with Gasteiger partial charge in [-0.1, -0.05) is 32.9 Å². The van der Waals surface area contributed by atoms with Gasteiger partial charge in [0.15, 0.2) is 0 Å². The second-order valence-corrected chi connectivity index (χ2v) is 6.22. The van der Waals surface area contributed by atoms with Crippen molar-refractivity contribution in [2.75, 3.05) is 19.6 Å². The van der Waals surface area contributed by atoms with Gasteiger partial charge in [-0.25, -0.2) is 0 Å². The van der Waals surface area contributed by atoms with Crippen molar-refractivity contribution in [2.45, 2.75) is 32.6 Å². The lowest BCUT2D eigenvalue weighted by atomic mass is 9.86. The highest BCUT2D eigenvalue weighted by atomic mass is 16.2. The summed E-state index contributed by atoms with van der Waals surface area (Å²) in [6, 6.07) is 7.77. The lowest BCUT2D eigenvalue weighted by Crippen LogP contribution is -2.34. The van der Waals surface area contributed by atoms with Gasteiger partial charge < -0.3 is 10.2 Å². The van der Waals surface area contributed by atoms with Crippen molar-refractivity contribution in [1.82, 2.24) is 10.2 Å². The van der Waals surface area contributed by atoms with Crippen molar-refractivity contribution in [3.05, 3.63) is 35.4 Å². The molecule has 1 aliphatic rings. The first-order chi connectivity index (χ1) is 9.38. The molecule has 1 fully saturated rings. The van der Waals surface area contributed by atoms with Gasteiger partial charge in [0.1, 0.15) is 0 Å². The number of carbonyl (C=O) groups is 2. The monoisotopic (exact) mass is 274 g/mol. The second-order valence-electron chi connectivity index (χ2n) is 6.22. The lowest BCUT2D eigenvalue weighted by Gasteiger charge is -2.21. The van der Waals surface area contributed by atoms with E-state index >= 15 is 0 Å². The number of benzene rings is 1. The van der Waals surface area contributed by atoms with Crippen LogP contribution in [0.25, 0.3) is 0 Å². The topological polar surface area (TPSA) is 49.4 Å². The molecule has 1 N–H and O–H groups in total. The first-order valence-corrected chi connectivity index (χ1v) is 7.04. The van der Waals surface area contributed by atoms with Gasteiger partial charge in [-0.15, -0.1) is 0 Å². The van der Waals surface area contributed by atoms with Crippen molar-refractivity contribution in [2.24, 2.45) is 0 Å². The molecule has 2 rings (SSSR count). The number of hydrogen-bond acceptors (Lipinski definition) is 2. The molecule has 0 radical (unpaired) electrons. The minimum absolute atomic E-state index is 0.00181. The van der Waals surface area contributed by atoms with Crippen LogP contribution in [0.1, 0.15) is 43.1 Å². The summed E-state index contributed by atoms with van der Waals surface area (Å²) in [4.78, 5) is 25.4. The predicted molar refractivity (Wildman–Crippen MR) is 78.7 cm³/mol. The van der Waals surface area contributed by atoms with Gasteiger partial charge in [0, 0.05) is 31.6 Å². The maximum Gasteiger partial charge on any atom is 0.253 e. The maximum absolute atomic E-state index is 12.4. The van der Waals surface area contributed by atoms with Crippen molar-refractivity contribution < 1.29 is 9.59 Å². The van der Waals surface area contributed by atoms with Crippen LogP contribution in [-0.2, 0) is 10.2 Å². The van der Waals surface area contributed by atoms with E-state index in [0.29, 0.717) is 31.6 Å². The number of nitrogens with one attached hydrogen (secondary N) is 1. The van der Waals surface area contributed by atoms with Crippen LogP contribution in [0.5, 0.6) is 0 Å². The zero-order chi connectivity index (χ0) is 14.8. The van der Waals surface area contributed by atoms with E-state index in [1.165, 1.54) is 5.56 Å². The predicted octanol–water partition coefficient (Wildman–Crippen LogP) is 1.95. The molecule has 0 spiro atoms. The van der Waals surface area contributed by atoms with Crippen LogP contribution in [-0.4, -0.2) is 36.3 Å². The van der Waals surface area contributed by atoms with Crippen LogP contribution >= 0.6 is 0 Å². The number of nitrogens with zero attached hydrogens (tertiary/aromatic N) is 1. The Kier molecular flexibility index (Phi) is 4.12. The Morgan fingerprint density at radius 2 is 1.80 bits per heavy atom. The van der Waals surface area contributed by atoms with Crippen molar-refractivity contribution in [3.63, 3.8) is 0 Å². The van der Waals surface area contributed by atoms with Crippen LogP contribution in [0.15, 0.2) is 24.3 Å². The average Bonchev–Trinajstić information content (AvgIpc) is 2.62. The van der Waals surface area contributed by atoms with E-state index in [1.807, 2.05) is 24.3 Å². The number of carbonyl (C=O) groups excluding carboxylic acids is 2. The summed E-state index contributed by atoms with van der Waals surface area (Å²) in [7, 11) is 0. The molecule has 2 amide bonds. The Bertz CT molecular complexity index is 500. The molecule has 0 saturated carbocycles. The second kappa shape index (κ2) is 5.65. The van der Waals surface area contributed by atoms with Crippen LogP contribution in [0.2, 0.25) is 0 Å². The Labute approximate surface area is 120 Å². The Balaban J connectivity index is 2.11. The summed E-state index contributed by atoms with van der Waals surface area (Å²) in [5.41, 5.74) is 1.98. The van der Waals surface area contributed by atoms with Gasteiger partial charge in [0.05, 0.1) is 0 Å². The summed E-state index contributed by atoms with van der Waals surface area (Å²) in [5, 5.41) is 2.78. The molecule has 1 saturated heterocycles. The zero-order valence-corrected chi connectivity index (χ0v) is 12.4. The van der Waals surface area contributed by atoms with Crippen LogP contribution in [0, 0.1) is 0 Å². The molecular formula is C16H22N2O2. The van der Waals surface area contributed by atoms with Gasteiger partial charge in [-0.05, 0) is 23.1 Å². The van der Waals surface area contributed by atoms with Crippen molar-refractivity contribution in [1.29, 1.82) is 0 Å². The molecule has 1 aromatic rings. The summed E-state index contributed by atoms with van der Waals surface area (Å²) < 4.78 is 0. The van der Waals surface area contributed by atoms with E-state index in [2.05, 4.69) is 26.1 Å². The zero-order valence-electron chi connectivity index (χ0n) is 12.4. The molecule has 0 aromatic heterocycles. The fraction of sp³-hybridized carbons (Fsp3) is 0.500. The summed E-state index contributed by atoms with van der Waals surface area (Å²) in [6.45, 7) is 8.05. The van der Waals surface area contributed by atoms with Gasteiger partial charge in [-0.2, -0.15) is 0 Å². The van der Waals surface area contributed by atoms with Crippen molar-refractivity contribution in [3.8, 4) is 0 Å². The Morgan fingerprint density at radius 3 is 2.40 bits per heavy atom. The third-order valence-electron chi connectivity index (χ3n) is 3.60. The summed E-state index contributed by atoms with van der Waals surface area (Å²) >= 11 is 0. The SMILES string of the molecule is CC(C)(C)c1ccc(C(=O)N2CCNC(=O)CC2)cc1. The molecule has 4 nitrogen and oxygen atoms in total. The van der Waals surface area contributed by atoms with Gasteiger partial charge in [0.25, 0.3) is 5.91 Å². The number of rotatable bonds is 1. The molecule has 20 heavy (non-hydrogen) atoms. The van der Waals surface area contributed by atoms with Gasteiger partial charge in [-0.3, -0.25) is 9.59 Å². The van der Waals surface area contributed by atoms with E-state index in [-0.39, 0.29) is 17.2 Å². The van der Waals surface area contributed by atoms with Crippen LogP contribution < -0.4 is 5.32 Å². The number of amides is 2. The minimum atomic E-state index is 0.00181. The highest BCUT2D eigenvalue weighted by Gasteiger charge is 2.20. The molecule has 0 bridgehead atoms. The average molecular weight is 274 g/mol. The summed E-state index contributed by atoms with van der Waals surface area (Å²) in [5.74, 6) is 0.0188. The van der Waals surface area contributed by atoms with E-state index in [0.717, 1.165) is 0 Å². The normalized spacial score (nSPS) is 16.6. The molecule has 0 aliphatic carbocycles. The summed E-state index contributed by atoms with van der Waals surface area (Å²) in [6.07, 6.45) is 0.381. The first-order valence-electron chi connectivity index (χ1n) is 7.04. The van der Waals surface area contributed by atoms with Crippen LogP contribution in [0.3, 0.4) is 0 Å². The van der Waals surface area contributed by atoms with E-state index in [9.17, 15) is 9.59 Å². The maximum atomic E-state index is 12.4. The van der Waals surface area contributed by atoms with E-state index in [4.69, 9.17) is 0 Å². The molecular weight excluding hydrogens is 252 g/mol. The molecule has 0 unspecified atom stereocenters. The molecule has 108 valence electrons. The molecule has 0 atom stereocenters. The third kappa shape index (κ3) is 3.38. The molecule has 4 heteroatoms. The van der Waals surface area contributed by atoms with E-state index < -0.39 is 0 Å². The molecule has 1 heterocycles. The number of hydrogen-bond donors (Lipinski definition) is 1. The highest BCUT2D eigenvalue weighted by molar-refractivity contribution is 5.94. The lowest BCUT2D eigenvalue weighted by molar-refractivity contribution is -0.120. The standard InChI is InChI=1S/C16H22N2O2/c1-16(2,3)13-6-4-12(5-7-13)15(20)18-10-8-14(19)17-9-11-18/h4-7H,8-11H2,1-3H3,(H,17,19). The first kappa shape index (κ1) is 14.6. The quantitative estimate of drug-likeness (QED) is 0.851. The van der Waals surface area contributed by atoms with E-state index in [1.54, 1.807) is 4.90 Å². The Morgan fingerprint density at radius 1 is 1.15 bits per heavy atom. The van der Waals surface area contributed by atoms with Crippen molar-refractivity contribution >= 4 is 11.8 Å². The molecule has 1 aliphatic heterocycles. The Hall–Kier alpha value is -1.84. The van der Waals surface area contributed by atoms with Crippen LogP contribution in [0.4, 0.5) is 0 Å². The van der Waals surface area contributed by atoms with Gasteiger partial charge >= 0.3 is 0 Å². The highest BCUT2D eigenvalue weighted by Crippen LogP contribution is 2.22. The fourth-order valence-corrected chi connectivity index (χ4v) is 2.27. The molecule has 1 aromatic carbocycles.